The number of Topliss-reactive ketones (excluding diaryl/α,β-unsaturated/α-hetero) is 2. The average molecular weight is 821 g/mol. The largest absolute Gasteiger partial charge is 0.491 e. The van der Waals surface area contributed by atoms with Crippen LogP contribution < -0.4 is 25.2 Å². The number of halogens is 1. The molecule has 7 rings (SSSR count). The number of fused-ring (bicyclic) bond motifs is 1. The van der Waals surface area contributed by atoms with Crippen molar-refractivity contribution < 1.29 is 23.9 Å². The molecule has 2 aromatic heterocycles. The second kappa shape index (κ2) is 17.2. The lowest BCUT2D eigenvalue weighted by Gasteiger charge is -2.63. The van der Waals surface area contributed by atoms with Crippen molar-refractivity contribution in [3.8, 4) is 23.8 Å². The maximum atomic E-state index is 13.5. The summed E-state index contributed by atoms with van der Waals surface area (Å²) in [4.78, 5) is 65.4. The number of hydrogen-bond acceptors (Lipinski definition) is 10. The van der Waals surface area contributed by atoms with E-state index >= 15 is 0 Å². The van der Waals surface area contributed by atoms with Gasteiger partial charge < -0.3 is 19.7 Å². The average Bonchev–Trinajstić information content (AvgIpc) is 3.21. The summed E-state index contributed by atoms with van der Waals surface area (Å²) >= 11 is 6.32. The van der Waals surface area contributed by atoms with E-state index < -0.39 is 6.04 Å². The topological polar surface area (TPSA) is 136 Å². The van der Waals surface area contributed by atoms with Gasteiger partial charge in [0, 0.05) is 67.3 Å². The van der Waals surface area contributed by atoms with E-state index in [9.17, 15) is 19.2 Å². The first-order chi connectivity index (χ1) is 28.2. The highest BCUT2D eigenvalue weighted by Gasteiger charge is 2.64. The first kappa shape index (κ1) is 41.9. The predicted octanol–water partition coefficient (Wildman–Crippen LogP) is 6.58. The molecule has 0 bridgehead atoms. The Labute approximate surface area is 350 Å². The maximum Gasteiger partial charge on any atom is 0.262 e. The van der Waals surface area contributed by atoms with Gasteiger partial charge in [-0.15, -0.1) is 6.42 Å². The third-order valence-corrected chi connectivity index (χ3v) is 12.7. The van der Waals surface area contributed by atoms with E-state index in [0.29, 0.717) is 57.4 Å². The number of para-hydroxylation sites is 1. The number of terminal acetylenes is 1. The van der Waals surface area contributed by atoms with Gasteiger partial charge in [0.05, 0.1) is 35.0 Å². The molecule has 2 saturated carbocycles. The molecule has 0 radical (unpaired) electrons. The summed E-state index contributed by atoms with van der Waals surface area (Å²) in [5.74, 6) is 4.60. The number of rotatable bonds is 13. The third-order valence-electron chi connectivity index (χ3n) is 12.4. The molecule has 1 N–H and O–H groups in total. The Hall–Kier alpha value is -5.25. The number of hydrogen-bond donors (Lipinski definition) is 1. The molecule has 13 heteroatoms. The van der Waals surface area contributed by atoms with Crippen molar-refractivity contribution >= 4 is 45.8 Å². The summed E-state index contributed by atoms with van der Waals surface area (Å²) in [6, 6.07) is 13.7. The molecule has 3 heterocycles. The molecular weight excluding hydrogens is 768 g/mol. The Balaban J connectivity index is 0.833. The lowest BCUT2D eigenvalue weighted by molar-refractivity contribution is -0.164. The summed E-state index contributed by atoms with van der Waals surface area (Å²) in [7, 11) is 0. The van der Waals surface area contributed by atoms with E-state index in [2.05, 4.69) is 58.7 Å². The van der Waals surface area contributed by atoms with Crippen LogP contribution in [-0.2, 0) is 9.59 Å². The van der Waals surface area contributed by atoms with E-state index in [1.807, 2.05) is 24.3 Å². The first-order valence-electron chi connectivity index (χ1n) is 20.5. The molecule has 2 aliphatic carbocycles. The summed E-state index contributed by atoms with van der Waals surface area (Å²) in [6.07, 6.45) is 10.4. The zero-order chi connectivity index (χ0) is 42.1. The fourth-order valence-corrected chi connectivity index (χ4v) is 9.68. The van der Waals surface area contributed by atoms with Crippen LogP contribution in [0.25, 0.3) is 10.9 Å². The molecule has 1 saturated heterocycles. The number of ether oxygens (including phenoxy) is 2. The van der Waals surface area contributed by atoms with Crippen LogP contribution >= 0.6 is 11.6 Å². The van der Waals surface area contributed by atoms with Crippen molar-refractivity contribution in [3.63, 3.8) is 0 Å². The highest BCUT2D eigenvalue weighted by atomic mass is 35.5. The molecular formula is C46H53ClN6O6. The molecule has 0 spiro atoms. The van der Waals surface area contributed by atoms with E-state index in [1.165, 1.54) is 4.57 Å². The highest BCUT2D eigenvalue weighted by molar-refractivity contribution is 6.31. The molecule has 1 amide bonds. The molecule has 310 valence electrons. The van der Waals surface area contributed by atoms with Gasteiger partial charge in [0.1, 0.15) is 40.5 Å². The summed E-state index contributed by atoms with van der Waals surface area (Å²) in [5.41, 5.74) is 0.666. The Morgan fingerprint density at radius 2 is 1.76 bits per heavy atom. The molecule has 59 heavy (non-hydrogen) atoms. The highest BCUT2D eigenvalue weighted by Crippen LogP contribution is 2.55. The first-order valence-corrected chi connectivity index (χ1v) is 20.9. The second-order valence-corrected chi connectivity index (χ2v) is 17.6. The van der Waals surface area contributed by atoms with Gasteiger partial charge in [-0.25, -0.2) is 9.97 Å². The van der Waals surface area contributed by atoms with Crippen molar-refractivity contribution in [2.24, 2.45) is 10.8 Å². The number of unbranched alkanes of at least 4 members (excludes halogenated alkanes) is 2. The Morgan fingerprint density at radius 3 is 2.44 bits per heavy atom. The molecule has 1 aliphatic heterocycles. The lowest BCUT2D eigenvalue weighted by atomic mass is 9.49. The van der Waals surface area contributed by atoms with Gasteiger partial charge in [0.15, 0.2) is 5.78 Å². The number of ketones is 2. The van der Waals surface area contributed by atoms with Gasteiger partial charge >= 0.3 is 0 Å². The molecule has 4 aromatic rings. The number of carbonyl (C=O) groups is 3. The van der Waals surface area contributed by atoms with Crippen LogP contribution in [0.4, 0.5) is 5.82 Å². The Bertz CT molecular complexity index is 2330. The van der Waals surface area contributed by atoms with Gasteiger partial charge in [0.25, 0.3) is 11.5 Å². The van der Waals surface area contributed by atoms with Crippen molar-refractivity contribution in [2.75, 3.05) is 44.2 Å². The molecule has 3 aliphatic rings. The van der Waals surface area contributed by atoms with Crippen LogP contribution in [0.5, 0.6) is 11.5 Å². The minimum atomic E-state index is -0.657. The number of nitrogens with zero attached hydrogens (tertiary/aromatic N) is 5. The molecule has 2 aromatic carbocycles. The monoisotopic (exact) mass is 820 g/mol. The van der Waals surface area contributed by atoms with Crippen LogP contribution in [0.15, 0.2) is 59.5 Å². The normalized spacial score (nSPS) is 21.4. The number of aromatic nitrogens is 3. The minimum absolute atomic E-state index is 0.0822. The van der Waals surface area contributed by atoms with E-state index in [1.54, 1.807) is 37.4 Å². The number of nitrogens with one attached hydrogen (secondary N) is 1. The predicted molar refractivity (Wildman–Crippen MR) is 228 cm³/mol. The standard InChI is InChI=1S/C46H53ClN6O6/c1-7-30-14-17-33(27-35(30)47)59-44-45(3,4)43(46(44,5)6)50-41(56)31-15-19-39(48-28-31)52-23-21-51(22-24-52)20-9-8-10-25-58-38-13-11-12-34-40(38)49-29(2)53(42(34)57)36-18-16-32(54)26-37(36)55/h1,11-15,17,19,27-28,36,43-44H,8-10,16,18,20-26H2,2-6H3,(H,50,56). The van der Waals surface area contributed by atoms with Gasteiger partial charge in [-0.3, -0.25) is 28.6 Å². The maximum absolute atomic E-state index is 13.5. The van der Waals surface area contributed by atoms with Crippen LogP contribution in [-0.4, -0.2) is 88.4 Å². The number of amides is 1. The fourth-order valence-electron chi connectivity index (χ4n) is 9.46. The fraction of sp³-hybridized carbons (Fsp3) is 0.478. The quantitative estimate of drug-likeness (QED) is 0.0896. The van der Waals surface area contributed by atoms with Crippen LogP contribution in [0, 0.1) is 30.1 Å². The van der Waals surface area contributed by atoms with Gasteiger partial charge in [-0.1, -0.05) is 51.3 Å². The van der Waals surface area contributed by atoms with Crippen LogP contribution in [0.1, 0.15) is 94.0 Å². The van der Waals surface area contributed by atoms with Crippen molar-refractivity contribution in [2.45, 2.75) is 91.3 Å². The van der Waals surface area contributed by atoms with Crippen molar-refractivity contribution in [1.82, 2.24) is 24.8 Å². The van der Waals surface area contributed by atoms with Gasteiger partial charge in [0.2, 0.25) is 0 Å². The zero-order valence-electron chi connectivity index (χ0n) is 34.6. The SMILES string of the molecule is C#Cc1ccc(OC2C(C)(C)C(NC(=O)c3ccc(N4CCN(CCCCCOc5cccc6c(=O)n(C7CCC(=O)CC7=O)c(C)nc56)CC4)nc3)C2(C)C)cc1Cl. The Kier molecular flexibility index (Phi) is 12.2. The number of anilines is 1. The third kappa shape index (κ3) is 8.59. The number of pyridine rings is 1. The van der Waals surface area contributed by atoms with Gasteiger partial charge in [-0.2, -0.15) is 0 Å². The van der Waals surface area contributed by atoms with Crippen molar-refractivity contribution in [3.05, 3.63) is 87.1 Å². The molecule has 12 nitrogen and oxygen atoms in total. The summed E-state index contributed by atoms with van der Waals surface area (Å²) in [6.45, 7) is 15.2. The molecule has 1 atom stereocenters. The second-order valence-electron chi connectivity index (χ2n) is 17.2. The van der Waals surface area contributed by atoms with Gasteiger partial charge in [-0.05, 0) is 75.5 Å². The number of benzene rings is 2. The smallest absolute Gasteiger partial charge is 0.262 e. The van der Waals surface area contributed by atoms with Crippen molar-refractivity contribution in [1.29, 1.82) is 0 Å². The number of piperazine rings is 1. The lowest BCUT2D eigenvalue weighted by Crippen LogP contribution is -2.74. The summed E-state index contributed by atoms with van der Waals surface area (Å²) < 4.78 is 14.0. The van der Waals surface area contributed by atoms with E-state index in [0.717, 1.165) is 57.8 Å². The zero-order valence-corrected chi connectivity index (χ0v) is 35.3. The van der Waals surface area contributed by atoms with E-state index in [4.69, 9.17) is 27.5 Å². The molecule has 3 fully saturated rings. The van der Waals surface area contributed by atoms with Crippen LogP contribution in [0.2, 0.25) is 5.02 Å². The number of aryl methyl sites for hydroxylation is 1. The molecule has 1 unspecified atom stereocenters. The summed E-state index contributed by atoms with van der Waals surface area (Å²) in [5, 5.41) is 4.13. The van der Waals surface area contributed by atoms with E-state index in [-0.39, 0.29) is 58.9 Å². The minimum Gasteiger partial charge on any atom is -0.491 e. The van der Waals surface area contributed by atoms with Crippen LogP contribution in [0.3, 0.4) is 0 Å². The number of carbonyl (C=O) groups excluding carboxylic acids is 3. The Morgan fingerprint density at radius 1 is 1.00 bits per heavy atom.